The summed E-state index contributed by atoms with van der Waals surface area (Å²) < 4.78 is 10.5. The number of aliphatic imine (C=N–C) groups is 1. The molecule has 1 aliphatic rings. The Bertz CT molecular complexity index is 1050. The first-order chi connectivity index (χ1) is 14.0. The molecule has 0 unspecified atom stereocenters. The molecule has 3 rings (SSSR count). The van der Waals surface area contributed by atoms with Gasteiger partial charge in [-0.1, -0.05) is 18.2 Å². The molecule has 2 aromatic carbocycles. The molecule has 1 saturated heterocycles. The zero-order valence-electron chi connectivity index (χ0n) is 15.6. The van der Waals surface area contributed by atoms with E-state index in [2.05, 4.69) is 10.3 Å². The lowest BCUT2D eigenvalue weighted by Crippen LogP contribution is -2.19. The zero-order chi connectivity index (χ0) is 20.8. The van der Waals surface area contributed by atoms with Gasteiger partial charge >= 0.3 is 0 Å². The highest BCUT2D eigenvalue weighted by Crippen LogP contribution is 2.34. The highest BCUT2D eigenvalue weighted by atomic mass is 32.2. The number of thioether (sulfide) groups is 1. The van der Waals surface area contributed by atoms with Gasteiger partial charge < -0.3 is 14.8 Å². The number of carbonyl (C=O) groups is 1. The average Bonchev–Trinajstić information content (AvgIpc) is 3.07. The lowest BCUT2D eigenvalue weighted by Gasteiger charge is -2.07. The van der Waals surface area contributed by atoms with E-state index in [9.17, 15) is 14.9 Å². The molecule has 29 heavy (non-hydrogen) atoms. The van der Waals surface area contributed by atoms with E-state index in [0.29, 0.717) is 32.8 Å². The normalized spacial score (nSPS) is 16.4. The van der Waals surface area contributed by atoms with E-state index in [1.54, 1.807) is 61.7 Å². The molecule has 2 aromatic rings. The van der Waals surface area contributed by atoms with Gasteiger partial charge in [-0.2, -0.15) is 0 Å². The van der Waals surface area contributed by atoms with Gasteiger partial charge in [0.05, 0.1) is 29.6 Å². The topological polar surface area (TPSA) is 103 Å². The third-order valence-corrected chi connectivity index (χ3v) is 4.84. The fourth-order valence-corrected chi connectivity index (χ4v) is 3.30. The fraction of sp³-hybridized carbons (Fsp3) is 0.100. The number of nitro groups is 1. The maximum atomic E-state index is 12.2. The Morgan fingerprint density at radius 1 is 1.17 bits per heavy atom. The van der Waals surface area contributed by atoms with Gasteiger partial charge in [0.1, 0.15) is 17.2 Å². The fourth-order valence-electron chi connectivity index (χ4n) is 2.52. The number of rotatable bonds is 6. The number of nitrogens with one attached hydrogen (secondary N) is 1. The van der Waals surface area contributed by atoms with Gasteiger partial charge in [-0.15, -0.1) is 0 Å². The Kier molecular flexibility index (Phi) is 6.30. The van der Waals surface area contributed by atoms with Crippen LogP contribution in [0.25, 0.3) is 6.08 Å². The molecule has 0 radical (unpaired) electrons. The number of amidine groups is 1. The van der Waals surface area contributed by atoms with Crippen molar-refractivity contribution in [2.24, 2.45) is 4.99 Å². The number of nitro benzene ring substituents is 1. The first kappa shape index (κ1) is 20.2. The van der Waals surface area contributed by atoms with Gasteiger partial charge in [0, 0.05) is 12.1 Å². The van der Waals surface area contributed by atoms with E-state index in [4.69, 9.17) is 9.47 Å². The quantitative estimate of drug-likeness (QED) is 0.437. The average molecular weight is 411 g/mol. The summed E-state index contributed by atoms with van der Waals surface area (Å²) in [4.78, 5) is 27.6. The van der Waals surface area contributed by atoms with Crippen LogP contribution in [-0.4, -0.2) is 30.2 Å². The van der Waals surface area contributed by atoms with Gasteiger partial charge in [0.15, 0.2) is 5.17 Å². The highest BCUT2D eigenvalue weighted by Gasteiger charge is 2.23. The second-order valence-corrected chi connectivity index (χ2v) is 6.75. The Hall–Kier alpha value is -3.59. The third kappa shape index (κ3) is 4.82. The number of amides is 1. The lowest BCUT2D eigenvalue weighted by atomic mass is 10.1. The van der Waals surface area contributed by atoms with Gasteiger partial charge in [-0.05, 0) is 42.1 Å². The summed E-state index contributed by atoms with van der Waals surface area (Å²) in [5, 5.41) is 14.2. The van der Waals surface area contributed by atoms with Gasteiger partial charge in [-0.25, -0.2) is 4.99 Å². The van der Waals surface area contributed by atoms with Crippen molar-refractivity contribution < 1.29 is 19.2 Å². The first-order valence-electron chi connectivity index (χ1n) is 8.43. The molecule has 8 nitrogen and oxygen atoms in total. The van der Waals surface area contributed by atoms with Crippen molar-refractivity contribution >= 4 is 40.3 Å². The van der Waals surface area contributed by atoms with E-state index in [-0.39, 0.29) is 11.6 Å². The number of carbonyl (C=O) groups excluding carboxylic acids is 1. The van der Waals surface area contributed by atoms with Crippen LogP contribution in [0.1, 0.15) is 5.56 Å². The number of ether oxygens (including phenoxy) is 2. The summed E-state index contributed by atoms with van der Waals surface area (Å²) in [6.45, 7) is 0. The van der Waals surface area contributed by atoms with Crippen molar-refractivity contribution in [1.82, 2.24) is 5.32 Å². The van der Waals surface area contributed by atoms with Gasteiger partial charge in [0.25, 0.3) is 11.6 Å². The summed E-state index contributed by atoms with van der Waals surface area (Å²) in [5.74, 6) is 0.850. The molecule has 1 amide bonds. The molecule has 0 bridgehead atoms. The zero-order valence-corrected chi connectivity index (χ0v) is 16.4. The second-order valence-electron chi connectivity index (χ2n) is 5.72. The molecule has 148 valence electrons. The van der Waals surface area contributed by atoms with Crippen LogP contribution in [-0.2, 0) is 4.79 Å². The Labute approximate surface area is 171 Å². The molecule has 0 aromatic heterocycles. The number of benzene rings is 2. The molecule has 1 N–H and O–H groups in total. The van der Waals surface area contributed by atoms with Crippen molar-refractivity contribution in [3.63, 3.8) is 0 Å². The summed E-state index contributed by atoms with van der Waals surface area (Å²) in [6, 6.07) is 11.6. The second kappa shape index (κ2) is 9.07. The standard InChI is InChI=1S/C20H17N3O5S/c1-27-14-10-11-15(17(12-14)28-2)21-20-22-19(24)18(29-20)9-5-7-13-6-3-4-8-16(13)23(25)26/h3-12H,1-2H3,(H,21,22,24)/b7-5+,18-9-. The van der Waals surface area contributed by atoms with E-state index in [1.165, 1.54) is 24.9 Å². The number of methoxy groups -OCH3 is 2. The van der Waals surface area contributed by atoms with E-state index in [1.807, 2.05) is 0 Å². The monoisotopic (exact) mass is 411 g/mol. The first-order valence-corrected chi connectivity index (χ1v) is 9.25. The van der Waals surface area contributed by atoms with Crippen molar-refractivity contribution in [3.8, 4) is 11.5 Å². The van der Waals surface area contributed by atoms with Crippen molar-refractivity contribution in [3.05, 3.63) is 75.2 Å². The van der Waals surface area contributed by atoms with E-state index >= 15 is 0 Å². The minimum absolute atomic E-state index is 0.000436. The van der Waals surface area contributed by atoms with Crippen LogP contribution in [0.5, 0.6) is 11.5 Å². The number of hydrogen-bond donors (Lipinski definition) is 1. The molecule has 0 aliphatic carbocycles. The highest BCUT2D eigenvalue weighted by molar-refractivity contribution is 8.18. The van der Waals surface area contributed by atoms with Gasteiger partial charge in [-0.3, -0.25) is 14.9 Å². The van der Waals surface area contributed by atoms with Crippen LogP contribution < -0.4 is 14.8 Å². The largest absolute Gasteiger partial charge is 0.497 e. The molecule has 1 aliphatic heterocycles. The third-order valence-electron chi connectivity index (χ3n) is 3.92. The molecular formula is C20H17N3O5S. The molecule has 1 heterocycles. The van der Waals surface area contributed by atoms with Crippen LogP contribution in [0.2, 0.25) is 0 Å². The van der Waals surface area contributed by atoms with Crippen LogP contribution in [0, 0.1) is 10.1 Å². The predicted octanol–water partition coefficient (Wildman–Crippen LogP) is 4.06. The molecule has 1 fully saturated rings. The molecule has 0 saturated carbocycles. The van der Waals surface area contributed by atoms with Crippen molar-refractivity contribution in [1.29, 1.82) is 0 Å². The predicted molar refractivity (Wildman–Crippen MR) is 113 cm³/mol. The van der Waals surface area contributed by atoms with Crippen LogP contribution in [0.3, 0.4) is 0 Å². The molecular weight excluding hydrogens is 394 g/mol. The van der Waals surface area contributed by atoms with Crippen molar-refractivity contribution in [2.75, 3.05) is 14.2 Å². The lowest BCUT2D eigenvalue weighted by molar-refractivity contribution is -0.385. The van der Waals surface area contributed by atoms with Crippen LogP contribution in [0.4, 0.5) is 11.4 Å². The van der Waals surface area contributed by atoms with Crippen LogP contribution >= 0.6 is 11.8 Å². The Balaban J connectivity index is 1.79. The van der Waals surface area contributed by atoms with Crippen molar-refractivity contribution in [2.45, 2.75) is 0 Å². The number of hydrogen-bond acceptors (Lipinski definition) is 7. The maximum Gasteiger partial charge on any atom is 0.276 e. The summed E-state index contributed by atoms with van der Waals surface area (Å²) in [7, 11) is 3.08. The SMILES string of the molecule is COc1ccc(N=C2NC(=O)/C(=C/C=C/c3ccccc3[N+](=O)[O-])S2)c(OC)c1. The molecule has 0 atom stereocenters. The summed E-state index contributed by atoms with van der Waals surface area (Å²) in [6.07, 6.45) is 4.77. The summed E-state index contributed by atoms with van der Waals surface area (Å²) >= 11 is 1.17. The minimum atomic E-state index is -0.448. The number of nitrogens with zero attached hydrogens (tertiary/aromatic N) is 2. The van der Waals surface area contributed by atoms with Crippen LogP contribution in [0.15, 0.2) is 64.5 Å². The van der Waals surface area contributed by atoms with E-state index in [0.717, 1.165) is 0 Å². The van der Waals surface area contributed by atoms with Gasteiger partial charge in [0.2, 0.25) is 0 Å². The number of allylic oxidation sites excluding steroid dienone is 2. The molecule has 9 heteroatoms. The maximum absolute atomic E-state index is 12.2. The minimum Gasteiger partial charge on any atom is -0.497 e. The Morgan fingerprint density at radius 3 is 2.69 bits per heavy atom. The Morgan fingerprint density at radius 2 is 1.97 bits per heavy atom. The smallest absolute Gasteiger partial charge is 0.276 e. The molecule has 0 spiro atoms. The summed E-state index contributed by atoms with van der Waals surface area (Å²) in [5.41, 5.74) is 1.00. The number of para-hydroxylation sites is 1. The van der Waals surface area contributed by atoms with E-state index < -0.39 is 4.92 Å².